The molecule has 1 aliphatic rings. The van der Waals surface area contributed by atoms with Gasteiger partial charge in [-0.25, -0.2) is 4.98 Å². The first kappa shape index (κ1) is 14.4. The summed E-state index contributed by atoms with van der Waals surface area (Å²) in [5.74, 6) is 0.0243. The van der Waals surface area contributed by atoms with Crippen LogP contribution in [0.25, 0.3) is 0 Å². The molecular weight excluding hydrogens is 305 g/mol. The van der Waals surface area contributed by atoms with E-state index in [1.807, 2.05) is 11.0 Å². The van der Waals surface area contributed by atoms with Crippen molar-refractivity contribution in [2.24, 2.45) is 0 Å². The first-order valence-corrected chi connectivity index (χ1v) is 6.18. The molecule has 0 saturated carbocycles. The molecule has 1 aliphatic heterocycles. The van der Waals surface area contributed by atoms with Crippen molar-refractivity contribution in [2.45, 2.75) is 6.42 Å². The van der Waals surface area contributed by atoms with Crippen LogP contribution in [0.15, 0.2) is 22.8 Å². The lowest BCUT2D eigenvalue weighted by Gasteiger charge is -2.19. The van der Waals surface area contributed by atoms with Crippen molar-refractivity contribution in [1.82, 2.24) is 15.2 Å². The smallest absolute Gasteiger partial charge is 0.272 e. The second-order valence-electron chi connectivity index (χ2n) is 3.76. The van der Waals surface area contributed by atoms with Gasteiger partial charge in [0.25, 0.3) is 5.91 Å². The van der Waals surface area contributed by atoms with Crippen molar-refractivity contribution < 1.29 is 4.79 Å². The van der Waals surface area contributed by atoms with Crippen molar-refractivity contribution in [2.75, 3.05) is 26.2 Å². The molecule has 0 bridgehead atoms. The molecule has 1 amide bonds. The predicted octanol–water partition coefficient (Wildman–Crippen LogP) is 1.70. The Morgan fingerprint density at radius 1 is 1.35 bits per heavy atom. The molecule has 1 N–H and O–H groups in total. The zero-order valence-electron chi connectivity index (χ0n) is 9.36. The van der Waals surface area contributed by atoms with E-state index >= 15 is 0 Å². The maximum absolute atomic E-state index is 12.1. The van der Waals surface area contributed by atoms with Crippen LogP contribution < -0.4 is 5.32 Å². The first-order chi connectivity index (χ1) is 7.77. The van der Waals surface area contributed by atoms with E-state index in [1.165, 1.54) is 0 Å². The number of rotatable bonds is 1. The fraction of sp³-hybridized carbons (Fsp3) is 0.455. The Hall–Kier alpha value is -0.650. The van der Waals surface area contributed by atoms with Crippen molar-refractivity contribution in [3.63, 3.8) is 0 Å². The number of hydrogen-bond acceptors (Lipinski definition) is 3. The predicted molar refractivity (Wildman–Crippen MR) is 72.6 cm³/mol. The summed E-state index contributed by atoms with van der Waals surface area (Å²) < 4.78 is 0.890. The highest BCUT2D eigenvalue weighted by atomic mass is 79.9. The summed E-state index contributed by atoms with van der Waals surface area (Å²) in [5.41, 5.74) is 0.519. The quantitative estimate of drug-likeness (QED) is 0.857. The van der Waals surface area contributed by atoms with Crippen LogP contribution in [-0.2, 0) is 0 Å². The lowest BCUT2D eigenvalue weighted by molar-refractivity contribution is 0.0760. The molecule has 2 heterocycles. The van der Waals surface area contributed by atoms with Crippen LogP contribution in [0.2, 0.25) is 0 Å². The average Bonchev–Trinajstić information content (AvgIpc) is 2.57. The minimum atomic E-state index is 0. The second-order valence-corrected chi connectivity index (χ2v) is 4.67. The van der Waals surface area contributed by atoms with Gasteiger partial charge in [-0.1, -0.05) is 0 Å². The molecule has 0 aliphatic carbocycles. The number of nitrogens with zero attached hydrogens (tertiary/aromatic N) is 2. The summed E-state index contributed by atoms with van der Waals surface area (Å²) in [7, 11) is 0. The Balaban J connectivity index is 0.00000144. The van der Waals surface area contributed by atoms with Crippen LogP contribution in [0.1, 0.15) is 16.9 Å². The van der Waals surface area contributed by atoms with Gasteiger partial charge in [-0.2, -0.15) is 0 Å². The van der Waals surface area contributed by atoms with Crippen molar-refractivity contribution in [3.05, 3.63) is 28.5 Å². The number of amides is 1. The number of carbonyl (C=O) groups excluding carboxylic acids is 1. The molecule has 0 aromatic carbocycles. The normalized spacial score (nSPS) is 15.9. The molecule has 6 heteroatoms. The number of carbonyl (C=O) groups is 1. The zero-order valence-corrected chi connectivity index (χ0v) is 11.8. The molecule has 1 fully saturated rings. The van der Waals surface area contributed by atoms with Crippen LogP contribution >= 0.6 is 28.3 Å². The van der Waals surface area contributed by atoms with Crippen LogP contribution in [0.3, 0.4) is 0 Å². The van der Waals surface area contributed by atoms with E-state index < -0.39 is 0 Å². The minimum Gasteiger partial charge on any atom is -0.336 e. The highest BCUT2D eigenvalue weighted by Crippen LogP contribution is 2.09. The molecular formula is C11H15BrClN3O. The molecule has 4 nitrogen and oxygen atoms in total. The molecule has 17 heavy (non-hydrogen) atoms. The lowest BCUT2D eigenvalue weighted by atomic mass is 10.3. The van der Waals surface area contributed by atoms with E-state index in [0.29, 0.717) is 5.69 Å². The van der Waals surface area contributed by atoms with Gasteiger partial charge in [0.05, 0.1) is 0 Å². The highest BCUT2D eigenvalue weighted by molar-refractivity contribution is 9.10. The van der Waals surface area contributed by atoms with E-state index in [1.54, 1.807) is 12.3 Å². The number of aromatic nitrogens is 1. The van der Waals surface area contributed by atoms with Gasteiger partial charge in [0, 0.05) is 30.3 Å². The van der Waals surface area contributed by atoms with Gasteiger partial charge in [0.15, 0.2) is 0 Å². The van der Waals surface area contributed by atoms with Gasteiger partial charge in [0.1, 0.15) is 5.69 Å². The Morgan fingerprint density at radius 2 is 2.18 bits per heavy atom. The monoisotopic (exact) mass is 319 g/mol. The van der Waals surface area contributed by atoms with Crippen molar-refractivity contribution >= 4 is 34.2 Å². The van der Waals surface area contributed by atoms with E-state index in [2.05, 4.69) is 26.2 Å². The summed E-state index contributed by atoms with van der Waals surface area (Å²) in [5, 5.41) is 3.27. The SMILES string of the molecule is Cl.O=C(c1ccc(Br)cn1)N1CCCNCC1. The Labute approximate surface area is 115 Å². The van der Waals surface area contributed by atoms with Crippen molar-refractivity contribution in [1.29, 1.82) is 0 Å². The molecule has 94 valence electrons. The standard InChI is InChI=1S/C11H14BrN3O.ClH/c12-9-2-3-10(14-8-9)11(16)15-6-1-4-13-5-7-15;/h2-3,8,13H,1,4-7H2;1H. The highest BCUT2D eigenvalue weighted by Gasteiger charge is 2.17. The van der Waals surface area contributed by atoms with E-state index in [9.17, 15) is 4.79 Å². The number of pyridine rings is 1. The molecule has 1 aromatic rings. The molecule has 1 aromatic heterocycles. The minimum absolute atomic E-state index is 0. The molecule has 1 saturated heterocycles. The van der Waals surface area contributed by atoms with Gasteiger partial charge in [-0.3, -0.25) is 4.79 Å². The molecule has 0 spiro atoms. The Morgan fingerprint density at radius 3 is 2.88 bits per heavy atom. The molecule has 2 rings (SSSR count). The largest absolute Gasteiger partial charge is 0.336 e. The van der Waals surface area contributed by atoms with E-state index in [0.717, 1.165) is 37.1 Å². The van der Waals surface area contributed by atoms with Gasteiger partial charge in [-0.15, -0.1) is 12.4 Å². The average molecular weight is 321 g/mol. The van der Waals surface area contributed by atoms with Gasteiger partial charge >= 0.3 is 0 Å². The third-order valence-electron chi connectivity index (χ3n) is 2.57. The first-order valence-electron chi connectivity index (χ1n) is 5.39. The number of nitrogens with one attached hydrogen (secondary N) is 1. The summed E-state index contributed by atoms with van der Waals surface area (Å²) in [6.45, 7) is 3.42. The topological polar surface area (TPSA) is 45.2 Å². The summed E-state index contributed by atoms with van der Waals surface area (Å²) >= 11 is 3.31. The number of hydrogen-bond donors (Lipinski definition) is 1. The van der Waals surface area contributed by atoms with Crippen LogP contribution in [0.5, 0.6) is 0 Å². The van der Waals surface area contributed by atoms with Crippen LogP contribution in [0.4, 0.5) is 0 Å². The lowest BCUT2D eigenvalue weighted by Crippen LogP contribution is -2.34. The third-order valence-corrected chi connectivity index (χ3v) is 3.04. The third kappa shape index (κ3) is 3.94. The maximum atomic E-state index is 12.1. The van der Waals surface area contributed by atoms with E-state index in [-0.39, 0.29) is 18.3 Å². The summed E-state index contributed by atoms with van der Waals surface area (Å²) in [6, 6.07) is 3.60. The fourth-order valence-electron chi connectivity index (χ4n) is 1.71. The fourth-order valence-corrected chi connectivity index (χ4v) is 1.95. The molecule has 0 unspecified atom stereocenters. The van der Waals surface area contributed by atoms with Gasteiger partial charge in [-0.05, 0) is 41.0 Å². The van der Waals surface area contributed by atoms with E-state index in [4.69, 9.17) is 0 Å². The summed E-state index contributed by atoms with van der Waals surface area (Å²) in [4.78, 5) is 18.1. The second kappa shape index (κ2) is 6.93. The van der Waals surface area contributed by atoms with Crippen LogP contribution in [-0.4, -0.2) is 42.0 Å². The molecule has 0 radical (unpaired) electrons. The Bertz CT molecular complexity index is 363. The number of halogens is 2. The van der Waals surface area contributed by atoms with Crippen LogP contribution in [0, 0.1) is 0 Å². The Kier molecular flexibility index (Phi) is 5.88. The van der Waals surface area contributed by atoms with Crippen molar-refractivity contribution in [3.8, 4) is 0 Å². The zero-order chi connectivity index (χ0) is 11.4. The van der Waals surface area contributed by atoms with Gasteiger partial charge < -0.3 is 10.2 Å². The van der Waals surface area contributed by atoms with Gasteiger partial charge in [0.2, 0.25) is 0 Å². The molecule has 0 atom stereocenters. The summed E-state index contributed by atoms with van der Waals surface area (Å²) in [6.07, 6.45) is 2.66. The maximum Gasteiger partial charge on any atom is 0.272 e.